The maximum Gasteiger partial charge on any atom is 0.327 e. The first kappa shape index (κ1) is 26.2. The van der Waals surface area contributed by atoms with Crippen LogP contribution in [0, 0.1) is 5.92 Å². The van der Waals surface area contributed by atoms with Crippen LogP contribution in [0.5, 0.6) is 0 Å². The number of thioether (sulfide) groups is 1. The van der Waals surface area contributed by atoms with Gasteiger partial charge in [0.1, 0.15) is 5.60 Å². The molecule has 190 valence electrons. The van der Waals surface area contributed by atoms with Crippen LogP contribution in [-0.2, 0) is 39.2 Å². The first-order valence-corrected chi connectivity index (χ1v) is 14.3. The number of rotatable bonds is 7. The zero-order chi connectivity index (χ0) is 25.4. The quantitative estimate of drug-likeness (QED) is 0.353. The molecular formula is C28H37NO4S2. The number of aliphatic hydroxyl groups excluding tert-OH is 1. The standard InChI is InChI=1S/C28H37NO4S2/c1-17(2)28(10-8-18-9-12-34-24(18)16-30)15-22(31)25(26(32)33-28)35-23-13-19-7-6-11-29-21(19)14-20(23)27(3,4)5/h9,12-14,17,25,29-30H,6-8,10-11,15-16H2,1-5H3. The van der Waals surface area contributed by atoms with E-state index in [1.165, 1.54) is 28.7 Å². The number of carbonyl (C=O) groups excluding carboxylic acids is 2. The van der Waals surface area contributed by atoms with E-state index in [9.17, 15) is 14.7 Å². The van der Waals surface area contributed by atoms with Crippen molar-refractivity contribution in [3.63, 3.8) is 0 Å². The van der Waals surface area contributed by atoms with Crippen LogP contribution in [0.1, 0.15) is 75.4 Å². The van der Waals surface area contributed by atoms with Crippen LogP contribution in [-0.4, -0.2) is 34.3 Å². The van der Waals surface area contributed by atoms with Gasteiger partial charge in [0.05, 0.1) is 6.61 Å². The third kappa shape index (κ3) is 5.47. The lowest BCUT2D eigenvalue weighted by molar-refractivity contribution is -0.176. The van der Waals surface area contributed by atoms with Gasteiger partial charge in [-0.05, 0) is 77.3 Å². The predicted octanol–water partition coefficient (Wildman–Crippen LogP) is 5.90. The minimum Gasteiger partial charge on any atom is -0.457 e. The first-order valence-electron chi connectivity index (χ1n) is 12.5. The summed E-state index contributed by atoms with van der Waals surface area (Å²) in [5, 5.41) is 14.2. The van der Waals surface area contributed by atoms with Gasteiger partial charge >= 0.3 is 5.97 Å². The minimum absolute atomic E-state index is 0.00548. The summed E-state index contributed by atoms with van der Waals surface area (Å²) in [6.07, 6.45) is 3.54. The van der Waals surface area contributed by atoms with Crippen molar-refractivity contribution in [2.45, 2.75) is 94.5 Å². The number of carbonyl (C=O) groups is 2. The Morgan fingerprint density at radius 3 is 2.71 bits per heavy atom. The number of aliphatic hydroxyl groups is 1. The molecule has 2 atom stereocenters. The van der Waals surface area contributed by atoms with Gasteiger partial charge in [0.25, 0.3) is 0 Å². The van der Waals surface area contributed by atoms with Crippen LogP contribution in [0.25, 0.3) is 0 Å². The molecule has 4 rings (SSSR count). The molecule has 2 aliphatic heterocycles. The third-order valence-electron chi connectivity index (χ3n) is 7.33. The lowest BCUT2D eigenvalue weighted by atomic mass is 9.78. The fourth-order valence-electron chi connectivity index (χ4n) is 5.05. The van der Waals surface area contributed by atoms with Crippen LogP contribution in [0.3, 0.4) is 0 Å². The Labute approximate surface area is 217 Å². The van der Waals surface area contributed by atoms with E-state index in [1.54, 1.807) is 0 Å². The average Bonchev–Trinajstić information content (AvgIpc) is 3.26. The molecule has 0 radical (unpaired) electrons. The number of fused-ring (bicyclic) bond motifs is 1. The second-order valence-corrected chi connectivity index (χ2v) is 13.2. The summed E-state index contributed by atoms with van der Waals surface area (Å²) in [4.78, 5) is 28.8. The molecule has 0 bridgehead atoms. The van der Waals surface area contributed by atoms with Gasteiger partial charge in [0, 0.05) is 28.4 Å². The molecule has 5 nitrogen and oxygen atoms in total. The van der Waals surface area contributed by atoms with Gasteiger partial charge in [0.2, 0.25) is 0 Å². The smallest absolute Gasteiger partial charge is 0.327 e. The van der Waals surface area contributed by atoms with E-state index in [2.05, 4.69) is 38.2 Å². The molecule has 2 aromatic rings. The van der Waals surface area contributed by atoms with Crippen LogP contribution >= 0.6 is 23.1 Å². The van der Waals surface area contributed by atoms with Gasteiger partial charge < -0.3 is 15.2 Å². The zero-order valence-corrected chi connectivity index (χ0v) is 23.0. The van der Waals surface area contributed by atoms with Crippen molar-refractivity contribution in [2.75, 3.05) is 11.9 Å². The fourth-order valence-corrected chi connectivity index (χ4v) is 7.16. The Morgan fingerprint density at radius 1 is 1.29 bits per heavy atom. The number of esters is 1. The van der Waals surface area contributed by atoms with Crippen LogP contribution in [0.15, 0.2) is 28.5 Å². The minimum atomic E-state index is -0.841. The molecule has 2 unspecified atom stereocenters. The third-order valence-corrected chi connectivity index (χ3v) is 9.56. The van der Waals surface area contributed by atoms with Crippen molar-refractivity contribution >= 4 is 40.5 Å². The van der Waals surface area contributed by atoms with E-state index in [-0.39, 0.29) is 30.1 Å². The topological polar surface area (TPSA) is 75.6 Å². The second-order valence-electron chi connectivity index (χ2n) is 11.1. The molecule has 1 aromatic carbocycles. The number of cyclic esters (lactones) is 1. The van der Waals surface area contributed by atoms with E-state index in [1.807, 2.05) is 25.3 Å². The second kappa shape index (κ2) is 10.3. The lowest BCUT2D eigenvalue weighted by Gasteiger charge is -2.42. The number of anilines is 1. The molecule has 0 spiro atoms. The summed E-state index contributed by atoms with van der Waals surface area (Å²) in [5.74, 6) is -0.468. The molecule has 2 aliphatic rings. The van der Waals surface area contributed by atoms with Crippen molar-refractivity contribution in [1.29, 1.82) is 0 Å². The number of hydrogen-bond donors (Lipinski definition) is 2. The van der Waals surface area contributed by atoms with E-state index < -0.39 is 16.8 Å². The average molecular weight is 516 g/mol. The number of aryl methyl sites for hydroxylation is 2. The normalized spacial score (nSPS) is 22.7. The Balaban J connectivity index is 1.57. The molecule has 2 N–H and O–H groups in total. The number of hydrogen-bond acceptors (Lipinski definition) is 7. The molecule has 0 amide bonds. The largest absolute Gasteiger partial charge is 0.457 e. The summed E-state index contributed by atoms with van der Waals surface area (Å²) in [5.41, 5.74) is 3.69. The summed E-state index contributed by atoms with van der Waals surface area (Å²) in [6.45, 7) is 11.5. The highest BCUT2D eigenvalue weighted by molar-refractivity contribution is 8.01. The van der Waals surface area contributed by atoms with Crippen molar-refractivity contribution in [3.8, 4) is 0 Å². The summed E-state index contributed by atoms with van der Waals surface area (Å²) in [7, 11) is 0. The number of thiophene rings is 1. The first-order chi connectivity index (χ1) is 16.5. The number of Topliss-reactive ketones (excluding diaryl/α,β-unsaturated/α-hetero) is 1. The van der Waals surface area contributed by atoms with Crippen molar-refractivity contribution < 1.29 is 19.4 Å². The van der Waals surface area contributed by atoms with Crippen LogP contribution in [0.2, 0.25) is 0 Å². The van der Waals surface area contributed by atoms with Crippen LogP contribution < -0.4 is 5.32 Å². The number of benzene rings is 1. The zero-order valence-electron chi connectivity index (χ0n) is 21.4. The molecule has 3 heterocycles. The highest BCUT2D eigenvalue weighted by Gasteiger charge is 2.49. The Hall–Kier alpha value is -1.83. The lowest BCUT2D eigenvalue weighted by Crippen LogP contribution is -2.52. The van der Waals surface area contributed by atoms with Gasteiger partial charge in [-0.25, -0.2) is 0 Å². The van der Waals surface area contributed by atoms with Crippen molar-refractivity contribution in [3.05, 3.63) is 45.1 Å². The monoisotopic (exact) mass is 515 g/mol. The number of ketones is 1. The van der Waals surface area contributed by atoms with Gasteiger partial charge in [-0.1, -0.05) is 34.6 Å². The maximum absolute atomic E-state index is 13.5. The summed E-state index contributed by atoms with van der Waals surface area (Å²) in [6, 6.07) is 6.38. The van der Waals surface area contributed by atoms with Crippen LogP contribution in [0.4, 0.5) is 5.69 Å². The summed E-state index contributed by atoms with van der Waals surface area (Å²) < 4.78 is 6.15. The number of ether oxygens (including phenoxy) is 1. The van der Waals surface area contributed by atoms with Gasteiger partial charge in [-0.3, -0.25) is 9.59 Å². The van der Waals surface area contributed by atoms with Gasteiger partial charge in [-0.15, -0.1) is 23.1 Å². The van der Waals surface area contributed by atoms with E-state index >= 15 is 0 Å². The van der Waals surface area contributed by atoms with Crippen molar-refractivity contribution in [2.24, 2.45) is 5.92 Å². The highest BCUT2D eigenvalue weighted by atomic mass is 32.2. The molecule has 1 fully saturated rings. The fraction of sp³-hybridized carbons (Fsp3) is 0.571. The van der Waals surface area contributed by atoms with E-state index in [0.717, 1.165) is 46.0 Å². The molecular weight excluding hydrogens is 478 g/mol. The van der Waals surface area contributed by atoms with Gasteiger partial charge in [-0.2, -0.15) is 0 Å². The van der Waals surface area contributed by atoms with Crippen molar-refractivity contribution in [1.82, 2.24) is 0 Å². The molecule has 7 heteroatoms. The SMILES string of the molecule is CC(C)C1(CCc2ccsc2CO)CC(=O)C(Sc2cc3c(cc2C(C)(C)C)NCCC3)C(=O)O1. The molecule has 0 aliphatic carbocycles. The molecule has 1 saturated heterocycles. The highest BCUT2D eigenvalue weighted by Crippen LogP contribution is 2.44. The van der Waals surface area contributed by atoms with E-state index in [0.29, 0.717) is 12.8 Å². The van der Waals surface area contributed by atoms with E-state index in [4.69, 9.17) is 4.74 Å². The Kier molecular flexibility index (Phi) is 7.70. The predicted molar refractivity (Wildman–Crippen MR) is 143 cm³/mol. The molecule has 35 heavy (non-hydrogen) atoms. The Morgan fingerprint density at radius 2 is 2.06 bits per heavy atom. The summed E-state index contributed by atoms with van der Waals surface area (Å²) >= 11 is 2.88. The molecule has 1 aromatic heterocycles. The number of nitrogens with one attached hydrogen (secondary N) is 1. The van der Waals surface area contributed by atoms with Gasteiger partial charge in [0.15, 0.2) is 11.0 Å². The molecule has 0 saturated carbocycles. The maximum atomic E-state index is 13.5. The Bertz CT molecular complexity index is 1080.